The highest BCUT2D eigenvalue weighted by atomic mass is 16.2. The van der Waals surface area contributed by atoms with Crippen LogP contribution in [0, 0.1) is 0 Å². The van der Waals surface area contributed by atoms with Crippen LogP contribution in [0.25, 0.3) is 0 Å². The molecule has 0 radical (unpaired) electrons. The van der Waals surface area contributed by atoms with Gasteiger partial charge in [-0.1, -0.05) is 6.92 Å². The molecule has 3 amide bonds. The molecule has 2 saturated heterocycles. The molecule has 6 heteroatoms. The normalized spacial score (nSPS) is 29.3. The van der Waals surface area contributed by atoms with Crippen molar-refractivity contribution in [1.29, 1.82) is 0 Å². The standard InChI is InChI=1S/C13H24N4O2/c1-3-17(8-12(18)16-13(19)14-2)11-6-9-4-5-10(7-11)15-9/h9-11,15H,3-8H2,1-2H3,(H2,14,16,18,19). The summed E-state index contributed by atoms with van der Waals surface area (Å²) < 4.78 is 0. The van der Waals surface area contributed by atoms with Gasteiger partial charge in [0.2, 0.25) is 5.91 Å². The molecule has 2 unspecified atom stereocenters. The van der Waals surface area contributed by atoms with E-state index in [-0.39, 0.29) is 5.91 Å². The van der Waals surface area contributed by atoms with Gasteiger partial charge in [-0.05, 0) is 32.2 Å². The van der Waals surface area contributed by atoms with Gasteiger partial charge in [0.1, 0.15) is 0 Å². The lowest BCUT2D eigenvalue weighted by Gasteiger charge is -2.36. The van der Waals surface area contributed by atoms with Gasteiger partial charge in [0.05, 0.1) is 6.54 Å². The molecule has 6 nitrogen and oxygen atoms in total. The quantitative estimate of drug-likeness (QED) is 0.673. The van der Waals surface area contributed by atoms with Gasteiger partial charge < -0.3 is 10.6 Å². The molecule has 0 spiro atoms. The Morgan fingerprint density at radius 2 is 1.89 bits per heavy atom. The molecule has 0 aromatic rings. The summed E-state index contributed by atoms with van der Waals surface area (Å²) in [7, 11) is 1.50. The number of piperidine rings is 1. The SMILES string of the molecule is CCN(CC(=O)NC(=O)NC)C1CC2CCC(C1)N2. The first-order valence-electron chi connectivity index (χ1n) is 7.14. The molecule has 2 bridgehead atoms. The van der Waals surface area contributed by atoms with E-state index in [0.717, 1.165) is 19.4 Å². The first-order valence-corrected chi connectivity index (χ1v) is 7.14. The van der Waals surface area contributed by atoms with E-state index in [1.807, 2.05) is 0 Å². The number of urea groups is 1. The van der Waals surface area contributed by atoms with Gasteiger partial charge in [0.15, 0.2) is 0 Å². The number of nitrogens with zero attached hydrogens (tertiary/aromatic N) is 1. The van der Waals surface area contributed by atoms with Gasteiger partial charge in [-0.15, -0.1) is 0 Å². The number of imide groups is 1. The molecule has 2 atom stereocenters. The van der Waals surface area contributed by atoms with Crippen molar-refractivity contribution in [3.63, 3.8) is 0 Å². The predicted molar refractivity (Wildman–Crippen MR) is 72.8 cm³/mol. The molecule has 2 aliphatic rings. The number of carbonyl (C=O) groups is 2. The van der Waals surface area contributed by atoms with Crippen LogP contribution in [0.3, 0.4) is 0 Å². The van der Waals surface area contributed by atoms with Crippen LogP contribution in [-0.2, 0) is 4.79 Å². The van der Waals surface area contributed by atoms with Crippen LogP contribution in [0.2, 0.25) is 0 Å². The van der Waals surface area contributed by atoms with Crippen molar-refractivity contribution < 1.29 is 9.59 Å². The molecule has 2 aliphatic heterocycles. The fraction of sp³-hybridized carbons (Fsp3) is 0.846. The minimum Gasteiger partial charge on any atom is -0.341 e. The molecule has 2 fully saturated rings. The van der Waals surface area contributed by atoms with Gasteiger partial charge in [-0.3, -0.25) is 15.0 Å². The fourth-order valence-electron chi connectivity index (χ4n) is 3.24. The second-order valence-corrected chi connectivity index (χ2v) is 5.45. The van der Waals surface area contributed by atoms with Crippen LogP contribution in [-0.4, -0.2) is 55.1 Å². The predicted octanol–water partition coefficient (Wildman–Crippen LogP) is 0.0469. The molecule has 2 rings (SSSR count). The van der Waals surface area contributed by atoms with Crippen molar-refractivity contribution >= 4 is 11.9 Å². The molecule has 0 aliphatic carbocycles. The number of amides is 3. The summed E-state index contributed by atoms with van der Waals surface area (Å²) in [5.74, 6) is -0.230. The largest absolute Gasteiger partial charge is 0.341 e. The number of hydrogen-bond donors (Lipinski definition) is 3. The van der Waals surface area contributed by atoms with E-state index in [2.05, 4.69) is 27.8 Å². The van der Waals surface area contributed by atoms with Gasteiger partial charge in [-0.2, -0.15) is 0 Å². The first-order chi connectivity index (χ1) is 9.12. The van der Waals surface area contributed by atoms with E-state index in [1.165, 1.54) is 19.9 Å². The van der Waals surface area contributed by atoms with E-state index in [9.17, 15) is 9.59 Å². The van der Waals surface area contributed by atoms with Crippen LogP contribution in [0.15, 0.2) is 0 Å². The lowest BCUT2D eigenvalue weighted by atomic mass is 9.98. The third-order valence-corrected chi connectivity index (χ3v) is 4.20. The summed E-state index contributed by atoms with van der Waals surface area (Å²) in [6.45, 7) is 3.20. The van der Waals surface area contributed by atoms with E-state index < -0.39 is 6.03 Å². The Labute approximate surface area is 114 Å². The van der Waals surface area contributed by atoms with Crippen LogP contribution in [0.5, 0.6) is 0 Å². The third kappa shape index (κ3) is 3.67. The highest BCUT2D eigenvalue weighted by Crippen LogP contribution is 2.29. The first kappa shape index (κ1) is 14.3. The second-order valence-electron chi connectivity index (χ2n) is 5.45. The highest BCUT2D eigenvalue weighted by Gasteiger charge is 2.36. The van der Waals surface area contributed by atoms with Gasteiger partial charge in [-0.25, -0.2) is 4.79 Å². The zero-order valence-electron chi connectivity index (χ0n) is 11.7. The molecular weight excluding hydrogens is 244 g/mol. The molecule has 0 aromatic heterocycles. The minimum absolute atomic E-state index is 0.230. The Hall–Kier alpha value is -1.14. The maximum atomic E-state index is 11.8. The minimum atomic E-state index is -0.438. The van der Waals surface area contributed by atoms with Crippen LogP contribution in [0.1, 0.15) is 32.6 Å². The lowest BCUT2D eigenvalue weighted by molar-refractivity contribution is -0.121. The molecule has 19 heavy (non-hydrogen) atoms. The smallest absolute Gasteiger partial charge is 0.321 e. The van der Waals surface area contributed by atoms with E-state index in [1.54, 1.807) is 0 Å². The van der Waals surface area contributed by atoms with Gasteiger partial charge in [0, 0.05) is 25.2 Å². The number of hydrogen-bond acceptors (Lipinski definition) is 4. The van der Waals surface area contributed by atoms with Crippen LogP contribution in [0.4, 0.5) is 4.79 Å². The van der Waals surface area contributed by atoms with Gasteiger partial charge in [0.25, 0.3) is 0 Å². The molecule has 0 saturated carbocycles. The topological polar surface area (TPSA) is 73.5 Å². The maximum Gasteiger partial charge on any atom is 0.321 e. The Morgan fingerprint density at radius 1 is 1.26 bits per heavy atom. The van der Waals surface area contributed by atoms with E-state index in [4.69, 9.17) is 0 Å². The molecular formula is C13H24N4O2. The second kappa shape index (κ2) is 6.34. The monoisotopic (exact) mass is 268 g/mol. The maximum absolute atomic E-state index is 11.8. The average molecular weight is 268 g/mol. The van der Waals surface area contributed by atoms with Crippen LogP contribution < -0.4 is 16.0 Å². The number of fused-ring (bicyclic) bond motifs is 2. The van der Waals surface area contributed by atoms with Gasteiger partial charge >= 0.3 is 6.03 Å². The van der Waals surface area contributed by atoms with E-state index >= 15 is 0 Å². The average Bonchev–Trinajstić information content (AvgIpc) is 2.74. The fourth-order valence-corrected chi connectivity index (χ4v) is 3.24. The lowest BCUT2D eigenvalue weighted by Crippen LogP contribution is -2.51. The van der Waals surface area contributed by atoms with Crippen molar-refractivity contribution in [2.75, 3.05) is 20.1 Å². The van der Waals surface area contributed by atoms with Crippen molar-refractivity contribution in [2.24, 2.45) is 0 Å². The van der Waals surface area contributed by atoms with E-state index in [0.29, 0.717) is 24.7 Å². The summed E-state index contributed by atoms with van der Waals surface area (Å²) in [6.07, 6.45) is 4.72. The molecule has 2 heterocycles. The van der Waals surface area contributed by atoms with Crippen molar-refractivity contribution in [1.82, 2.24) is 20.9 Å². The summed E-state index contributed by atoms with van der Waals surface area (Å²) in [5.41, 5.74) is 0. The molecule has 3 N–H and O–H groups in total. The third-order valence-electron chi connectivity index (χ3n) is 4.20. The Morgan fingerprint density at radius 3 is 2.42 bits per heavy atom. The highest BCUT2D eigenvalue weighted by molar-refractivity contribution is 5.95. The Kier molecular flexibility index (Phi) is 4.76. The molecule has 108 valence electrons. The van der Waals surface area contributed by atoms with Crippen LogP contribution >= 0.6 is 0 Å². The number of rotatable bonds is 4. The zero-order chi connectivity index (χ0) is 13.8. The zero-order valence-corrected chi connectivity index (χ0v) is 11.7. The Balaban J connectivity index is 1.86. The van der Waals surface area contributed by atoms with Crippen molar-refractivity contribution in [2.45, 2.75) is 50.7 Å². The summed E-state index contributed by atoms with van der Waals surface area (Å²) in [4.78, 5) is 25.1. The van der Waals surface area contributed by atoms with Crippen molar-refractivity contribution in [3.8, 4) is 0 Å². The Bertz CT molecular complexity index is 336. The molecule has 0 aromatic carbocycles. The number of likely N-dealkylation sites (N-methyl/N-ethyl adjacent to an activating group) is 1. The van der Waals surface area contributed by atoms with Crippen molar-refractivity contribution in [3.05, 3.63) is 0 Å². The summed E-state index contributed by atoms with van der Waals surface area (Å²) in [5, 5.41) is 8.32. The summed E-state index contributed by atoms with van der Waals surface area (Å²) in [6, 6.07) is 1.24. The number of nitrogens with one attached hydrogen (secondary N) is 3. The number of carbonyl (C=O) groups excluding carboxylic acids is 2. The summed E-state index contributed by atoms with van der Waals surface area (Å²) >= 11 is 0.